The van der Waals surface area contributed by atoms with E-state index in [1.807, 2.05) is 6.07 Å². The number of rotatable bonds is 8. The van der Waals surface area contributed by atoms with Crippen LogP contribution in [0, 0.1) is 11.3 Å². The minimum absolute atomic E-state index is 0.315. The number of nitriles is 1. The predicted molar refractivity (Wildman–Crippen MR) is 128 cm³/mol. The minimum atomic E-state index is -0.594. The van der Waals surface area contributed by atoms with Crippen molar-refractivity contribution in [2.45, 2.75) is 6.04 Å². The molecule has 0 heterocycles. The Morgan fingerprint density at radius 3 is 1.97 bits per heavy atom. The maximum absolute atomic E-state index is 9.98. The average molecular weight is 461 g/mol. The molecule has 10 heteroatoms. The lowest BCUT2D eigenvalue weighted by atomic mass is 10.0. The summed E-state index contributed by atoms with van der Waals surface area (Å²) >= 11 is 3.73. The largest absolute Gasteiger partial charge is 0.495 e. The van der Waals surface area contributed by atoms with Crippen LogP contribution in [0.4, 0.5) is 5.69 Å². The van der Waals surface area contributed by atoms with Gasteiger partial charge in [0.1, 0.15) is 5.75 Å². The Bertz CT molecular complexity index is 979. The zero-order valence-electron chi connectivity index (χ0n) is 18.4. The summed E-state index contributed by atoms with van der Waals surface area (Å²) in [5.41, 5.74) is 18.1. The maximum Gasteiger partial charge on any atom is 0.235 e. The second kappa shape index (κ2) is 13.0. The fourth-order valence-electron chi connectivity index (χ4n) is 2.52. The Hall–Kier alpha value is -3.55. The monoisotopic (exact) mass is 460 g/mol. The van der Waals surface area contributed by atoms with Crippen molar-refractivity contribution in [3.05, 3.63) is 41.5 Å². The second-order valence-electron chi connectivity index (χ2n) is 6.28. The number of nitrogen functional groups attached to an aromatic ring is 1. The molecular weight excluding hydrogens is 432 g/mol. The normalized spacial score (nSPS) is 11.3. The van der Waals surface area contributed by atoms with Crippen molar-refractivity contribution in [1.29, 1.82) is 5.26 Å². The van der Waals surface area contributed by atoms with Crippen molar-refractivity contribution in [2.75, 3.05) is 39.9 Å². The second-order valence-corrected chi connectivity index (χ2v) is 6.64. The molecule has 0 radical (unpaired) electrons. The van der Waals surface area contributed by atoms with E-state index in [9.17, 15) is 10.1 Å². The molecule has 0 spiro atoms. The highest BCUT2D eigenvalue weighted by Crippen LogP contribution is 2.40. The molecule has 0 aromatic heterocycles. The quantitative estimate of drug-likeness (QED) is 0.202. The summed E-state index contributed by atoms with van der Waals surface area (Å²) in [6.07, 6.45) is 1.73. The van der Waals surface area contributed by atoms with E-state index >= 15 is 0 Å². The van der Waals surface area contributed by atoms with Crippen LogP contribution in [0.3, 0.4) is 0 Å². The molecule has 0 unspecified atom stereocenters. The summed E-state index contributed by atoms with van der Waals surface area (Å²) in [5.74, 6) is 1.83. The number of anilines is 1. The highest BCUT2D eigenvalue weighted by molar-refractivity contribution is 7.80. The van der Waals surface area contributed by atoms with Crippen molar-refractivity contribution in [2.24, 2.45) is 11.5 Å². The Morgan fingerprint density at radius 1 is 1.06 bits per heavy atom. The third-order valence-electron chi connectivity index (χ3n) is 4.22. The standard InChI is InChI=1S/C19H20N2O4.C3H8N2OS/c1-22-16-6-5-12(8-15(16)21)7-14(11-20)13-9-17(23-2)19(25-4)18(10-13)24-3;4-2(1-7)3(5)6/h5-10H,21H2,1-4H3;2,7H,1,4H2,(H2,5,6)/t;2-/m.1/s1. The highest BCUT2D eigenvalue weighted by Gasteiger charge is 2.15. The van der Waals surface area contributed by atoms with E-state index in [4.69, 9.17) is 36.1 Å². The fraction of sp³-hybridized carbons (Fsp3) is 0.273. The highest BCUT2D eigenvalue weighted by atomic mass is 32.1. The molecule has 2 aromatic carbocycles. The first-order valence-corrected chi connectivity index (χ1v) is 9.90. The molecule has 0 saturated carbocycles. The van der Waals surface area contributed by atoms with Crippen molar-refractivity contribution < 1.29 is 23.7 Å². The number of amides is 1. The first-order valence-electron chi connectivity index (χ1n) is 9.27. The number of ether oxygens (including phenoxy) is 4. The van der Waals surface area contributed by atoms with Gasteiger partial charge >= 0.3 is 0 Å². The molecule has 32 heavy (non-hydrogen) atoms. The van der Waals surface area contributed by atoms with Gasteiger partial charge in [0.15, 0.2) is 11.5 Å². The molecule has 172 valence electrons. The predicted octanol–water partition coefficient (Wildman–Crippen LogP) is 2.10. The van der Waals surface area contributed by atoms with Gasteiger partial charge < -0.3 is 36.1 Å². The Labute approximate surface area is 193 Å². The molecule has 0 aliphatic heterocycles. The molecule has 1 amide bonds. The molecule has 0 saturated heterocycles. The lowest BCUT2D eigenvalue weighted by Crippen LogP contribution is -2.37. The number of thiol groups is 1. The molecule has 2 rings (SSSR count). The fourth-order valence-corrected chi connectivity index (χ4v) is 2.70. The van der Waals surface area contributed by atoms with Gasteiger partial charge in [-0.3, -0.25) is 4.79 Å². The Morgan fingerprint density at radius 2 is 1.62 bits per heavy atom. The van der Waals surface area contributed by atoms with Crippen LogP contribution in [-0.2, 0) is 4.79 Å². The maximum atomic E-state index is 9.98. The summed E-state index contributed by atoms with van der Waals surface area (Å²) in [6, 6.07) is 10.4. The van der Waals surface area contributed by atoms with Crippen LogP contribution in [0.5, 0.6) is 23.0 Å². The number of nitrogens with zero attached hydrogens (tertiary/aromatic N) is 1. The number of hydrogen-bond acceptors (Lipinski definition) is 9. The number of carbonyl (C=O) groups is 1. The molecule has 0 aliphatic carbocycles. The Balaban J connectivity index is 0.000000633. The smallest absolute Gasteiger partial charge is 0.235 e. The van der Waals surface area contributed by atoms with Gasteiger partial charge in [0.25, 0.3) is 0 Å². The summed E-state index contributed by atoms with van der Waals surface area (Å²) in [6.45, 7) is 0. The molecule has 0 bridgehead atoms. The van der Waals surface area contributed by atoms with Crippen LogP contribution in [-0.4, -0.2) is 46.1 Å². The SMILES string of the molecule is COc1ccc(C=C(C#N)c2cc(OC)c(OC)c(OC)c2)cc1N.NC(=O)[C@H](N)CS. The molecule has 9 nitrogen and oxygen atoms in total. The average Bonchev–Trinajstić information content (AvgIpc) is 2.81. The van der Waals surface area contributed by atoms with E-state index < -0.39 is 11.9 Å². The van der Waals surface area contributed by atoms with Gasteiger partial charge in [-0.25, -0.2) is 0 Å². The molecule has 2 aromatic rings. The van der Waals surface area contributed by atoms with Crippen LogP contribution < -0.4 is 36.1 Å². The summed E-state index contributed by atoms with van der Waals surface area (Å²) in [5, 5.41) is 9.58. The van der Waals surface area contributed by atoms with E-state index in [-0.39, 0.29) is 0 Å². The van der Waals surface area contributed by atoms with E-state index in [0.717, 1.165) is 5.56 Å². The van der Waals surface area contributed by atoms with Gasteiger partial charge in [-0.15, -0.1) is 0 Å². The molecule has 6 N–H and O–H groups in total. The first-order chi connectivity index (χ1) is 15.3. The van der Waals surface area contributed by atoms with Gasteiger partial charge in [-0.1, -0.05) is 6.07 Å². The molecule has 0 fully saturated rings. The topological polar surface area (TPSA) is 156 Å². The van der Waals surface area contributed by atoms with E-state index in [0.29, 0.717) is 45.6 Å². The number of nitrogens with two attached hydrogens (primary N) is 3. The first kappa shape index (κ1) is 26.5. The molecular formula is C22H28N4O5S. The van der Waals surface area contributed by atoms with E-state index in [1.165, 1.54) is 21.3 Å². The lowest BCUT2D eigenvalue weighted by molar-refractivity contribution is -0.118. The number of methoxy groups -OCH3 is 4. The van der Waals surface area contributed by atoms with Crippen molar-refractivity contribution in [3.8, 4) is 29.1 Å². The molecule has 1 atom stereocenters. The summed E-state index contributed by atoms with van der Waals surface area (Å²) < 4.78 is 21.1. The van der Waals surface area contributed by atoms with Crippen LogP contribution in [0.15, 0.2) is 30.3 Å². The minimum Gasteiger partial charge on any atom is -0.495 e. The number of carbonyl (C=O) groups excluding carboxylic acids is 1. The third-order valence-corrected chi connectivity index (χ3v) is 4.62. The summed E-state index contributed by atoms with van der Waals surface area (Å²) in [4.78, 5) is 9.98. The van der Waals surface area contributed by atoms with Gasteiger partial charge in [-0.05, 0) is 41.5 Å². The van der Waals surface area contributed by atoms with Crippen LogP contribution in [0.1, 0.15) is 11.1 Å². The lowest BCUT2D eigenvalue weighted by Gasteiger charge is -2.14. The molecule has 0 aliphatic rings. The van der Waals surface area contributed by atoms with Crippen molar-refractivity contribution in [1.82, 2.24) is 0 Å². The number of hydrogen-bond donors (Lipinski definition) is 4. The third kappa shape index (κ3) is 7.01. The van der Waals surface area contributed by atoms with E-state index in [2.05, 4.69) is 18.7 Å². The zero-order valence-corrected chi connectivity index (χ0v) is 19.3. The van der Waals surface area contributed by atoms with Gasteiger partial charge in [0.05, 0.1) is 51.8 Å². The number of primary amides is 1. The van der Waals surface area contributed by atoms with Gasteiger partial charge in [0, 0.05) is 5.75 Å². The van der Waals surface area contributed by atoms with Crippen LogP contribution in [0.2, 0.25) is 0 Å². The number of benzene rings is 2. The van der Waals surface area contributed by atoms with Crippen LogP contribution >= 0.6 is 12.6 Å². The van der Waals surface area contributed by atoms with Gasteiger partial charge in [-0.2, -0.15) is 17.9 Å². The van der Waals surface area contributed by atoms with Gasteiger partial charge in [0.2, 0.25) is 11.7 Å². The van der Waals surface area contributed by atoms with Crippen molar-refractivity contribution >= 4 is 35.9 Å². The van der Waals surface area contributed by atoms with Crippen LogP contribution in [0.25, 0.3) is 11.6 Å². The zero-order chi connectivity index (χ0) is 24.3. The number of allylic oxidation sites excluding steroid dienone is 1. The van der Waals surface area contributed by atoms with E-state index in [1.54, 1.807) is 37.5 Å². The summed E-state index contributed by atoms with van der Waals surface area (Å²) in [7, 11) is 6.14. The van der Waals surface area contributed by atoms with Crippen molar-refractivity contribution in [3.63, 3.8) is 0 Å². The Kier molecular flexibility index (Phi) is 10.8.